The number of rotatable bonds is 7. The number of hydrogen-bond acceptors (Lipinski definition) is 0. The van der Waals surface area contributed by atoms with E-state index in [-0.39, 0.29) is 5.92 Å². The Balaban J connectivity index is 1.78. The largest absolute Gasteiger partial charge is 0.0645 e. The van der Waals surface area contributed by atoms with Crippen LogP contribution in [0.5, 0.6) is 0 Å². The molecule has 1 atom stereocenters. The first-order valence-electron chi connectivity index (χ1n) is 12.5. The molecular weight excluding hydrogens is 432 g/mol. The van der Waals surface area contributed by atoms with Crippen molar-refractivity contribution in [3.05, 3.63) is 191 Å². The van der Waals surface area contributed by atoms with Gasteiger partial charge in [-0.15, -0.1) is 0 Å². The Labute approximate surface area is 214 Å². The fourth-order valence-corrected chi connectivity index (χ4v) is 4.88. The summed E-state index contributed by atoms with van der Waals surface area (Å²) in [5, 5.41) is 0. The van der Waals surface area contributed by atoms with Crippen LogP contribution in [0.4, 0.5) is 0 Å². The molecule has 0 aliphatic heterocycles. The van der Waals surface area contributed by atoms with Crippen LogP contribution in [0, 0.1) is 0 Å². The molecule has 0 unspecified atom stereocenters. The van der Waals surface area contributed by atoms with Gasteiger partial charge in [0.2, 0.25) is 0 Å². The molecule has 0 spiro atoms. The van der Waals surface area contributed by atoms with E-state index in [1.165, 1.54) is 44.5 Å². The summed E-state index contributed by atoms with van der Waals surface area (Å²) in [5.41, 5.74) is 10.0. The lowest BCUT2D eigenvalue weighted by molar-refractivity contribution is 0.994. The van der Waals surface area contributed by atoms with Gasteiger partial charge in [0.15, 0.2) is 0 Å². The standard InChI is InChI=1S/C36H30/c1-28(36(32-23-13-5-14-24-32)33-25-15-6-16-26-33)34(29-17-7-2-8-18-29)27-35(30-19-9-3-10-20-30)31-21-11-4-12-22-31/h2-27,34H,1H3/t34-/m1/s1. The van der Waals surface area contributed by atoms with Crippen LogP contribution in [0.25, 0.3) is 11.1 Å². The van der Waals surface area contributed by atoms with Crippen LogP contribution in [0.1, 0.15) is 40.7 Å². The fraction of sp³-hybridized carbons (Fsp3) is 0.0556. The molecule has 0 fully saturated rings. The van der Waals surface area contributed by atoms with Crippen molar-refractivity contribution in [3.63, 3.8) is 0 Å². The van der Waals surface area contributed by atoms with Crippen molar-refractivity contribution in [3.8, 4) is 0 Å². The molecule has 0 saturated carbocycles. The van der Waals surface area contributed by atoms with E-state index in [1.807, 2.05) is 0 Å². The van der Waals surface area contributed by atoms with E-state index in [1.54, 1.807) is 0 Å². The van der Waals surface area contributed by atoms with Gasteiger partial charge in [0.1, 0.15) is 0 Å². The Morgan fingerprint density at radius 1 is 0.444 bits per heavy atom. The zero-order valence-corrected chi connectivity index (χ0v) is 20.6. The zero-order valence-electron chi connectivity index (χ0n) is 20.6. The lowest BCUT2D eigenvalue weighted by Crippen LogP contribution is -2.04. The molecule has 36 heavy (non-hydrogen) atoms. The number of hydrogen-bond donors (Lipinski definition) is 0. The molecule has 5 aromatic rings. The Kier molecular flexibility index (Phi) is 7.35. The molecule has 5 rings (SSSR count). The fourth-order valence-electron chi connectivity index (χ4n) is 4.88. The molecule has 0 N–H and O–H groups in total. The van der Waals surface area contributed by atoms with E-state index in [0.29, 0.717) is 0 Å². The molecule has 0 aromatic heterocycles. The van der Waals surface area contributed by atoms with Crippen LogP contribution in [0.3, 0.4) is 0 Å². The SMILES string of the molecule is CC(=C(c1ccccc1)c1ccccc1)[C@@H](C=C(c1ccccc1)c1ccccc1)c1ccccc1. The molecule has 0 heterocycles. The maximum Gasteiger partial charge on any atom is 0.0244 e. The normalized spacial score (nSPS) is 11.4. The topological polar surface area (TPSA) is 0 Å². The third kappa shape index (κ3) is 5.29. The highest BCUT2D eigenvalue weighted by Crippen LogP contribution is 2.38. The first-order valence-corrected chi connectivity index (χ1v) is 12.5. The number of allylic oxidation sites excluding steroid dienone is 2. The highest BCUT2D eigenvalue weighted by molar-refractivity contribution is 5.85. The maximum absolute atomic E-state index is 2.45. The third-order valence-electron chi connectivity index (χ3n) is 6.65. The van der Waals surface area contributed by atoms with Gasteiger partial charge >= 0.3 is 0 Å². The molecule has 0 aliphatic rings. The van der Waals surface area contributed by atoms with E-state index in [0.717, 1.165) is 0 Å². The smallest absolute Gasteiger partial charge is 0.0244 e. The van der Waals surface area contributed by atoms with Gasteiger partial charge in [-0.1, -0.05) is 163 Å². The van der Waals surface area contributed by atoms with E-state index in [4.69, 9.17) is 0 Å². The molecule has 0 heteroatoms. The molecule has 0 amide bonds. The average molecular weight is 463 g/mol. The first kappa shape index (κ1) is 23.3. The molecule has 0 bridgehead atoms. The van der Waals surface area contributed by atoms with Crippen LogP contribution in [-0.2, 0) is 0 Å². The summed E-state index contributed by atoms with van der Waals surface area (Å²) in [5.74, 6) is 0.0945. The highest BCUT2D eigenvalue weighted by Gasteiger charge is 2.19. The van der Waals surface area contributed by atoms with Crippen molar-refractivity contribution in [2.75, 3.05) is 0 Å². The molecule has 0 saturated heterocycles. The van der Waals surface area contributed by atoms with Crippen molar-refractivity contribution in [2.24, 2.45) is 0 Å². The summed E-state index contributed by atoms with van der Waals surface area (Å²) in [6, 6.07) is 53.8. The summed E-state index contributed by atoms with van der Waals surface area (Å²) in [4.78, 5) is 0. The Bertz CT molecular complexity index is 1350. The van der Waals surface area contributed by atoms with Gasteiger partial charge in [-0.3, -0.25) is 0 Å². The molecule has 174 valence electrons. The van der Waals surface area contributed by atoms with E-state index in [9.17, 15) is 0 Å². The minimum absolute atomic E-state index is 0.0945. The van der Waals surface area contributed by atoms with Crippen LogP contribution in [0.2, 0.25) is 0 Å². The van der Waals surface area contributed by atoms with Gasteiger partial charge in [-0.05, 0) is 45.9 Å². The van der Waals surface area contributed by atoms with E-state index in [2.05, 4.69) is 165 Å². The average Bonchev–Trinajstić information content (AvgIpc) is 2.96. The van der Waals surface area contributed by atoms with Crippen molar-refractivity contribution in [2.45, 2.75) is 12.8 Å². The van der Waals surface area contributed by atoms with Crippen molar-refractivity contribution in [1.82, 2.24) is 0 Å². The van der Waals surface area contributed by atoms with Gasteiger partial charge < -0.3 is 0 Å². The summed E-state index contributed by atoms with van der Waals surface area (Å²) in [6.45, 7) is 2.29. The lowest BCUT2D eigenvalue weighted by Gasteiger charge is -2.22. The molecule has 0 radical (unpaired) electrons. The van der Waals surface area contributed by atoms with Crippen LogP contribution >= 0.6 is 0 Å². The maximum atomic E-state index is 2.45. The predicted octanol–water partition coefficient (Wildman–Crippen LogP) is 9.42. The van der Waals surface area contributed by atoms with Gasteiger partial charge in [-0.25, -0.2) is 0 Å². The highest BCUT2D eigenvalue weighted by atomic mass is 14.2. The van der Waals surface area contributed by atoms with Gasteiger partial charge in [0, 0.05) is 5.92 Å². The lowest BCUT2D eigenvalue weighted by atomic mass is 9.81. The molecule has 0 nitrogen and oxygen atoms in total. The number of benzene rings is 5. The third-order valence-corrected chi connectivity index (χ3v) is 6.65. The van der Waals surface area contributed by atoms with Crippen LogP contribution in [0.15, 0.2) is 163 Å². The van der Waals surface area contributed by atoms with Crippen molar-refractivity contribution >= 4 is 11.1 Å². The van der Waals surface area contributed by atoms with Crippen LogP contribution in [-0.4, -0.2) is 0 Å². The molecule has 5 aromatic carbocycles. The second-order valence-corrected chi connectivity index (χ2v) is 8.99. The Hall–Kier alpha value is -4.42. The monoisotopic (exact) mass is 462 g/mol. The molecular formula is C36H30. The Morgan fingerprint density at radius 3 is 1.17 bits per heavy atom. The van der Waals surface area contributed by atoms with Gasteiger partial charge in [0.25, 0.3) is 0 Å². The summed E-state index contributed by atoms with van der Waals surface area (Å²) in [6.07, 6.45) is 2.45. The summed E-state index contributed by atoms with van der Waals surface area (Å²) in [7, 11) is 0. The molecule has 0 aliphatic carbocycles. The van der Waals surface area contributed by atoms with Gasteiger partial charge in [-0.2, -0.15) is 0 Å². The van der Waals surface area contributed by atoms with Crippen molar-refractivity contribution < 1.29 is 0 Å². The van der Waals surface area contributed by atoms with Crippen LogP contribution < -0.4 is 0 Å². The van der Waals surface area contributed by atoms with Gasteiger partial charge in [0.05, 0.1) is 0 Å². The second-order valence-electron chi connectivity index (χ2n) is 8.99. The van der Waals surface area contributed by atoms with E-state index >= 15 is 0 Å². The quantitative estimate of drug-likeness (QED) is 0.226. The zero-order chi connectivity index (χ0) is 24.6. The second kappa shape index (κ2) is 11.3. The summed E-state index contributed by atoms with van der Waals surface area (Å²) >= 11 is 0. The first-order chi connectivity index (χ1) is 17.8. The minimum Gasteiger partial charge on any atom is -0.0645 e. The predicted molar refractivity (Wildman–Crippen MR) is 154 cm³/mol. The Morgan fingerprint density at radius 2 is 0.778 bits per heavy atom. The summed E-state index contributed by atoms with van der Waals surface area (Å²) < 4.78 is 0. The van der Waals surface area contributed by atoms with E-state index < -0.39 is 0 Å². The van der Waals surface area contributed by atoms with Crippen molar-refractivity contribution in [1.29, 1.82) is 0 Å². The minimum atomic E-state index is 0.0945.